The smallest absolute Gasteiger partial charge is 0.241 e. The summed E-state index contributed by atoms with van der Waals surface area (Å²) in [5.41, 5.74) is 2.14. The lowest BCUT2D eigenvalue weighted by atomic mass is 10.1. The molecular weight excluding hydrogens is 296 g/mol. The van der Waals surface area contributed by atoms with E-state index in [2.05, 4.69) is 36.9 Å². The monoisotopic (exact) mass is 312 g/mol. The second-order valence-corrected chi connectivity index (χ2v) is 6.19. The van der Waals surface area contributed by atoms with Gasteiger partial charge in [-0.05, 0) is 53.9 Å². The third-order valence-corrected chi connectivity index (χ3v) is 4.69. The summed E-state index contributed by atoms with van der Waals surface area (Å²) in [6, 6.07) is 8.36. The molecule has 1 aliphatic heterocycles. The van der Waals surface area contributed by atoms with Crippen molar-refractivity contribution >= 4 is 11.3 Å². The molecule has 22 heavy (non-hydrogen) atoms. The molecule has 0 radical (unpaired) electrons. The average molecular weight is 312 g/mol. The Balaban J connectivity index is 1.51. The number of thiophene rings is 1. The maximum absolute atomic E-state index is 5.41. The standard InChI is InChI=1S/C16H16N4OS/c1-2-7-17-13(4-1)16-18-15(21-19-16)10-20-8-3-5-14(20)12-6-9-22-11-12/h1-2,4,6-7,9,11,14H,3,5,8,10H2/t14-/m1/s1. The molecular formula is C16H16N4OS. The molecule has 0 unspecified atom stereocenters. The van der Waals surface area contributed by atoms with Crippen LogP contribution in [0.25, 0.3) is 11.5 Å². The van der Waals surface area contributed by atoms with Gasteiger partial charge in [0.05, 0.1) is 6.54 Å². The Morgan fingerprint density at radius 2 is 2.32 bits per heavy atom. The van der Waals surface area contributed by atoms with Crippen LogP contribution in [0.15, 0.2) is 45.7 Å². The van der Waals surface area contributed by atoms with E-state index in [4.69, 9.17) is 4.52 Å². The largest absolute Gasteiger partial charge is 0.337 e. The summed E-state index contributed by atoms with van der Waals surface area (Å²) in [4.78, 5) is 11.1. The first-order chi connectivity index (χ1) is 10.9. The molecule has 4 heterocycles. The van der Waals surface area contributed by atoms with Crippen LogP contribution in [-0.4, -0.2) is 26.6 Å². The highest BCUT2D eigenvalue weighted by Crippen LogP contribution is 2.34. The normalized spacial score (nSPS) is 18.8. The van der Waals surface area contributed by atoms with Gasteiger partial charge in [0.1, 0.15) is 5.69 Å². The topological polar surface area (TPSA) is 55.1 Å². The van der Waals surface area contributed by atoms with Crippen LogP contribution in [0.4, 0.5) is 0 Å². The lowest BCUT2D eigenvalue weighted by Crippen LogP contribution is -2.22. The van der Waals surface area contributed by atoms with E-state index in [1.165, 1.54) is 18.4 Å². The zero-order valence-corrected chi connectivity index (χ0v) is 12.9. The van der Waals surface area contributed by atoms with Crippen LogP contribution in [0.2, 0.25) is 0 Å². The van der Waals surface area contributed by atoms with Gasteiger partial charge >= 0.3 is 0 Å². The number of likely N-dealkylation sites (tertiary alicyclic amines) is 1. The van der Waals surface area contributed by atoms with Crippen molar-refractivity contribution in [3.05, 3.63) is 52.7 Å². The van der Waals surface area contributed by atoms with Crippen molar-refractivity contribution in [3.63, 3.8) is 0 Å². The van der Waals surface area contributed by atoms with Gasteiger partial charge in [0.25, 0.3) is 0 Å². The van der Waals surface area contributed by atoms with Crippen molar-refractivity contribution in [1.82, 2.24) is 20.0 Å². The van der Waals surface area contributed by atoms with Gasteiger partial charge in [0, 0.05) is 12.2 Å². The Morgan fingerprint density at radius 1 is 1.32 bits per heavy atom. The molecule has 5 nitrogen and oxygen atoms in total. The summed E-state index contributed by atoms with van der Waals surface area (Å²) in [6.45, 7) is 1.77. The van der Waals surface area contributed by atoms with Crippen LogP contribution in [0.3, 0.4) is 0 Å². The first kappa shape index (κ1) is 13.6. The van der Waals surface area contributed by atoms with Crippen molar-refractivity contribution in [1.29, 1.82) is 0 Å². The quantitative estimate of drug-likeness (QED) is 0.737. The minimum absolute atomic E-state index is 0.469. The molecule has 1 fully saturated rings. The summed E-state index contributed by atoms with van der Waals surface area (Å²) >= 11 is 1.75. The summed E-state index contributed by atoms with van der Waals surface area (Å²) in [5.74, 6) is 1.21. The van der Waals surface area contributed by atoms with Crippen molar-refractivity contribution in [3.8, 4) is 11.5 Å². The first-order valence-corrected chi connectivity index (χ1v) is 8.34. The van der Waals surface area contributed by atoms with Gasteiger partial charge in [-0.3, -0.25) is 9.88 Å². The van der Waals surface area contributed by atoms with E-state index >= 15 is 0 Å². The van der Waals surface area contributed by atoms with E-state index in [0.717, 1.165) is 12.2 Å². The molecule has 0 amide bonds. The van der Waals surface area contributed by atoms with Crippen molar-refractivity contribution in [2.45, 2.75) is 25.4 Å². The maximum Gasteiger partial charge on any atom is 0.241 e. The van der Waals surface area contributed by atoms with E-state index in [-0.39, 0.29) is 0 Å². The summed E-state index contributed by atoms with van der Waals surface area (Å²) < 4.78 is 5.41. The number of aromatic nitrogens is 3. The van der Waals surface area contributed by atoms with E-state index in [1.807, 2.05) is 18.2 Å². The minimum atomic E-state index is 0.469. The van der Waals surface area contributed by atoms with Crippen molar-refractivity contribution in [2.24, 2.45) is 0 Å². The SMILES string of the molecule is c1ccc(-c2noc(CN3CCC[C@@H]3c3ccsc3)n2)nc1. The Morgan fingerprint density at radius 3 is 3.14 bits per heavy atom. The molecule has 1 atom stereocenters. The third kappa shape index (κ3) is 2.67. The Kier molecular flexibility index (Phi) is 3.70. The van der Waals surface area contributed by atoms with Gasteiger partial charge in [-0.25, -0.2) is 0 Å². The lowest BCUT2D eigenvalue weighted by molar-refractivity contribution is 0.213. The summed E-state index contributed by atoms with van der Waals surface area (Å²) in [7, 11) is 0. The first-order valence-electron chi connectivity index (χ1n) is 7.40. The van der Waals surface area contributed by atoms with E-state index in [0.29, 0.717) is 24.3 Å². The van der Waals surface area contributed by atoms with Gasteiger partial charge in [-0.15, -0.1) is 0 Å². The fraction of sp³-hybridized carbons (Fsp3) is 0.312. The summed E-state index contributed by atoms with van der Waals surface area (Å²) in [5, 5.41) is 8.41. The molecule has 0 aliphatic carbocycles. The predicted octanol–water partition coefficient (Wildman–Crippen LogP) is 3.53. The van der Waals surface area contributed by atoms with E-state index < -0.39 is 0 Å². The second-order valence-electron chi connectivity index (χ2n) is 5.41. The number of hydrogen-bond acceptors (Lipinski definition) is 6. The molecule has 6 heteroatoms. The van der Waals surface area contributed by atoms with E-state index in [1.54, 1.807) is 17.5 Å². The van der Waals surface area contributed by atoms with Crippen LogP contribution in [0.1, 0.15) is 30.3 Å². The number of pyridine rings is 1. The molecule has 1 aliphatic rings. The third-order valence-electron chi connectivity index (χ3n) is 3.99. The average Bonchev–Trinajstić information content (AvgIpc) is 3.30. The second kappa shape index (κ2) is 5.98. The van der Waals surface area contributed by atoms with Crippen LogP contribution in [0, 0.1) is 0 Å². The van der Waals surface area contributed by atoms with Crippen LogP contribution >= 0.6 is 11.3 Å². The Labute approximate surface area is 132 Å². The highest BCUT2D eigenvalue weighted by atomic mass is 32.1. The molecule has 1 saturated heterocycles. The fourth-order valence-corrected chi connectivity index (χ4v) is 3.66. The number of rotatable bonds is 4. The van der Waals surface area contributed by atoms with Crippen molar-refractivity contribution < 1.29 is 4.52 Å². The molecule has 0 N–H and O–H groups in total. The molecule has 0 aromatic carbocycles. The van der Waals surface area contributed by atoms with Crippen LogP contribution in [0.5, 0.6) is 0 Å². The molecule has 0 bridgehead atoms. The molecule has 0 saturated carbocycles. The predicted molar refractivity (Wildman–Crippen MR) is 84.2 cm³/mol. The molecule has 0 spiro atoms. The van der Waals surface area contributed by atoms with Gasteiger partial charge in [-0.2, -0.15) is 16.3 Å². The number of hydrogen-bond donors (Lipinski definition) is 0. The Hall–Kier alpha value is -2.05. The summed E-state index contributed by atoms with van der Waals surface area (Å²) in [6.07, 6.45) is 4.14. The van der Waals surface area contributed by atoms with Crippen molar-refractivity contribution in [2.75, 3.05) is 6.54 Å². The molecule has 4 rings (SSSR count). The van der Waals surface area contributed by atoms with Gasteiger partial charge in [0.2, 0.25) is 11.7 Å². The maximum atomic E-state index is 5.41. The zero-order valence-electron chi connectivity index (χ0n) is 12.1. The molecule has 112 valence electrons. The fourth-order valence-electron chi connectivity index (χ4n) is 2.95. The van der Waals surface area contributed by atoms with E-state index in [9.17, 15) is 0 Å². The Bertz CT molecular complexity index is 726. The highest BCUT2D eigenvalue weighted by molar-refractivity contribution is 7.07. The molecule has 3 aromatic rings. The zero-order chi connectivity index (χ0) is 14.8. The number of nitrogens with zero attached hydrogens (tertiary/aromatic N) is 4. The van der Waals surface area contributed by atoms with Crippen LogP contribution < -0.4 is 0 Å². The van der Waals surface area contributed by atoms with Crippen LogP contribution in [-0.2, 0) is 6.54 Å². The lowest BCUT2D eigenvalue weighted by Gasteiger charge is -2.21. The molecule has 3 aromatic heterocycles. The highest BCUT2D eigenvalue weighted by Gasteiger charge is 2.27. The minimum Gasteiger partial charge on any atom is -0.337 e. The van der Waals surface area contributed by atoms with Gasteiger partial charge in [0.15, 0.2) is 0 Å². The van der Waals surface area contributed by atoms with Gasteiger partial charge in [-0.1, -0.05) is 11.2 Å². The van der Waals surface area contributed by atoms with Gasteiger partial charge < -0.3 is 4.52 Å².